The molecule has 2 atom stereocenters. The first-order valence-corrected chi connectivity index (χ1v) is 14.0. The van der Waals surface area contributed by atoms with E-state index in [1.165, 1.54) is 22.9 Å². The van der Waals surface area contributed by atoms with E-state index in [-0.39, 0.29) is 17.9 Å². The highest BCUT2D eigenvalue weighted by Crippen LogP contribution is 2.44. The number of carbonyl (C=O) groups is 1. The maximum Gasteiger partial charge on any atom is 0.334 e. The maximum atomic E-state index is 14.9. The average molecular weight is 561 g/mol. The van der Waals surface area contributed by atoms with Crippen LogP contribution in [-0.2, 0) is 34.8 Å². The van der Waals surface area contributed by atoms with Crippen molar-refractivity contribution < 1.29 is 23.4 Å². The number of aliphatic hydroxyl groups excluding tert-OH is 1. The molecule has 41 heavy (non-hydrogen) atoms. The number of esters is 1. The maximum absolute atomic E-state index is 14.9. The van der Waals surface area contributed by atoms with Gasteiger partial charge in [0.25, 0.3) is 0 Å². The lowest BCUT2D eigenvalue weighted by Gasteiger charge is -2.44. The number of nitrogens with zero attached hydrogens (tertiary/aromatic N) is 4. The summed E-state index contributed by atoms with van der Waals surface area (Å²) in [5.74, 6) is -0.571. The smallest absolute Gasteiger partial charge is 0.334 e. The van der Waals surface area contributed by atoms with Crippen molar-refractivity contribution in [2.45, 2.75) is 75.9 Å². The molecule has 0 saturated heterocycles. The largest absolute Gasteiger partial charge is 0.452 e. The molecular weight excluding hydrogens is 526 g/mol. The number of carbonyl (C=O) groups excluding carboxylic acids is 1. The van der Waals surface area contributed by atoms with Gasteiger partial charge in [0.15, 0.2) is 5.82 Å². The van der Waals surface area contributed by atoms with Gasteiger partial charge in [-0.1, -0.05) is 37.1 Å². The number of ether oxygens (including phenoxy) is 1. The van der Waals surface area contributed by atoms with E-state index < -0.39 is 34.7 Å². The van der Waals surface area contributed by atoms with Crippen LogP contribution < -0.4 is 0 Å². The standard InChI is InChI=1S/C32H34F2N4O3/c1-31(2,19-35)25-12-11-20(15-26(25)34)13-14-32(23-8-4-5-9-23)27(39)17-22(30(40)41-32)18-28-36-29(37-38(28)3)21-7-6-10-24(33)16-21/h6-7,10-12,15-17,23,27,39H,4-5,8-9,13-14,18H2,1-3H3. The third kappa shape index (κ3) is 5.66. The minimum atomic E-state index is -1.12. The monoisotopic (exact) mass is 560 g/mol. The Labute approximate surface area is 238 Å². The average Bonchev–Trinajstić information content (AvgIpc) is 3.60. The number of benzene rings is 2. The van der Waals surface area contributed by atoms with Crippen LogP contribution in [0.3, 0.4) is 0 Å². The summed E-state index contributed by atoms with van der Waals surface area (Å²) in [6.07, 6.45) is 4.99. The van der Waals surface area contributed by atoms with E-state index in [2.05, 4.69) is 16.2 Å². The first-order valence-electron chi connectivity index (χ1n) is 14.0. The van der Waals surface area contributed by atoms with E-state index in [9.17, 15) is 23.9 Å². The fraction of sp³-hybridized carbons (Fsp3) is 0.438. The molecule has 0 bridgehead atoms. The molecule has 1 fully saturated rings. The predicted molar refractivity (Wildman–Crippen MR) is 148 cm³/mol. The van der Waals surface area contributed by atoms with Crippen LogP contribution in [0.15, 0.2) is 54.1 Å². The highest BCUT2D eigenvalue weighted by molar-refractivity contribution is 5.90. The Kier molecular flexibility index (Phi) is 7.80. The van der Waals surface area contributed by atoms with E-state index in [4.69, 9.17) is 4.74 Å². The molecule has 1 aliphatic carbocycles. The van der Waals surface area contributed by atoms with E-state index in [1.807, 2.05) is 0 Å². The van der Waals surface area contributed by atoms with E-state index in [0.717, 1.165) is 25.7 Å². The van der Waals surface area contributed by atoms with Gasteiger partial charge in [-0.3, -0.25) is 4.68 Å². The Morgan fingerprint density at radius 1 is 1.20 bits per heavy atom. The summed E-state index contributed by atoms with van der Waals surface area (Å²) in [7, 11) is 1.70. The molecule has 9 heteroatoms. The number of halogens is 2. The first-order chi connectivity index (χ1) is 19.5. The van der Waals surface area contributed by atoms with Gasteiger partial charge in [0, 0.05) is 36.1 Å². The van der Waals surface area contributed by atoms with Crippen molar-refractivity contribution in [2.24, 2.45) is 13.0 Å². The molecule has 1 N–H and O–H groups in total. The van der Waals surface area contributed by atoms with Gasteiger partial charge in [-0.15, -0.1) is 0 Å². The molecule has 2 unspecified atom stereocenters. The predicted octanol–water partition coefficient (Wildman–Crippen LogP) is 5.51. The van der Waals surface area contributed by atoms with Gasteiger partial charge in [0.2, 0.25) is 0 Å². The number of rotatable bonds is 8. The molecule has 2 heterocycles. The number of aliphatic hydroxyl groups is 1. The first kappa shape index (κ1) is 28.6. The van der Waals surface area contributed by atoms with Crippen LogP contribution in [0.4, 0.5) is 8.78 Å². The Bertz CT molecular complexity index is 1530. The van der Waals surface area contributed by atoms with Gasteiger partial charge in [0.1, 0.15) is 29.2 Å². The zero-order chi connectivity index (χ0) is 29.4. The summed E-state index contributed by atoms with van der Waals surface area (Å²) in [6, 6.07) is 13.0. The Morgan fingerprint density at radius 2 is 1.95 bits per heavy atom. The second-order valence-corrected chi connectivity index (χ2v) is 11.7. The number of hydrogen-bond acceptors (Lipinski definition) is 6. The molecule has 2 aromatic carbocycles. The summed E-state index contributed by atoms with van der Waals surface area (Å²) in [4.78, 5) is 17.9. The SMILES string of the molecule is Cn1nc(-c2cccc(F)c2)nc1CC1=CC(O)C(CCc2ccc(C(C)(C)C#N)c(F)c2)(C2CCCC2)OC1=O. The summed E-state index contributed by atoms with van der Waals surface area (Å²) in [6.45, 7) is 3.34. The zero-order valence-corrected chi connectivity index (χ0v) is 23.5. The molecule has 1 aliphatic heterocycles. The number of aromatic nitrogens is 3. The Morgan fingerprint density at radius 3 is 2.63 bits per heavy atom. The third-order valence-corrected chi connectivity index (χ3v) is 8.53. The molecule has 7 nitrogen and oxygen atoms in total. The highest BCUT2D eigenvalue weighted by Gasteiger charge is 2.51. The van der Waals surface area contributed by atoms with Crippen molar-refractivity contribution in [3.05, 3.63) is 82.7 Å². The van der Waals surface area contributed by atoms with Crippen molar-refractivity contribution in [1.29, 1.82) is 5.26 Å². The van der Waals surface area contributed by atoms with E-state index >= 15 is 0 Å². The fourth-order valence-electron chi connectivity index (χ4n) is 6.08. The van der Waals surface area contributed by atoms with Crippen LogP contribution in [0.1, 0.15) is 62.9 Å². The van der Waals surface area contributed by atoms with Crippen LogP contribution >= 0.6 is 0 Å². The Hall–Kier alpha value is -3.90. The van der Waals surface area contributed by atoms with Crippen LogP contribution in [0.25, 0.3) is 11.4 Å². The quantitative estimate of drug-likeness (QED) is 0.365. The number of hydrogen-bond donors (Lipinski definition) is 1. The molecule has 1 saturated carbocycles. The van der Waals surface area contributed by atoms with Gasteiger partial charge in [0.05, 0.1) is 11.5 Å². The lowest BCUT2D eigenvalue weighted by molar-refractivity contribution is -0.181. The molecule has 3 aromatic rings. The summed E-state index contributed by atoms with van der Waals surface area (Å²) in [5, 5.41) is 25.3. The van der Waals surface area contributed by atoms with Crippen molar-refractivity contribution >= 4 is 5.97 Å². The lowest BCUT2D eigenvalue weighted by atomic mass is 9.75. The summed E-state index contributed by atoms with van der Waals surface area (Å²) >= 11 is 0. The van der Waals surface area contributed by atoms with Crippen molar-refractivity contribution in [2.75, 3.05) is 0 Å². The van der Waals surface area contributed by atoms with Gasteiger partial charge < -0.3 is 9.84 Å². The van der Waals surface area contributed by atoms with Crippen LogP contribution in [0, 0.1) is 28.9 Å². The van der Waals surface area contributed by atoms with Gasteiger partial charge in [-0.2, -0.15) is 10.4 Å². The van der Waals surface area contributed by atoms with Crippen LogP contribution in [0.2, 0.25) is 0 Å². The molecule has 0 amide bonds. The molecule has 1 aromatic heterocycles. The third-order valence-electron chi connectivity index (χ3n) is 8.53. The van der Waals surface area contributed by atoms with Gasteiger partial charge in [-0.25, -0.2) is 18.6 Å². The highest BCUT2D eigenvalue weighted by atomic mass is 19.1. The molecule has 214 valence electrons. The molecule has 0 radical (unpaired) electrons. The fourth-order valence-corrected chi connectivity index (χ4v) is 6.08. The molecule has 2 aliphatic rings. The minimum absolute atomic E-state index is 0.0182. The topological polar surface area (TPSA) is 101 Å². The van der Waals surface area contributed by atoms with Crippen molar-refractivity contribution in [1.82, 2.24) is 14.8 Å². The summed E-state index contributed by atoms with van der Waals surface area (Å²) in [5.41, 5.74) is -0.237. The van der Waals surface area contributed by atoms with Crippen molar-refractivity contribution in [3.8, 4) is 17.5 Å². The molecular formula is C32H34F2N4O3. The van der Waals surface area contributed by atoms with Crippen molar-refractivity contribution in [3.63, 3.8) is 0 Å². The van der Waals surface area contributed by atoms with Gasteiger partial charge >= 0.3 is 5.97 Å². The Balaban J connectivity index is 1.38. The van der Waals surface area contributed by atoms with Crippen LogP contribution in [-0.4, -0.2) is 37.5 Å². The lowest BCUT2D eigenvalue weighted by Crippen LogP contribution is -2.54. The molecule has 0 spiro atoms. The van der Waals surface area contributed by atoms with Gasteiger partial charge in [-0.05, 0) is 69.4 Å². The molecule has 5 rings (SSSR count). The second-order valence-electron chi connectivity index (χ2n) is 11.7. The van der Waals surface area contributed by atoms with E-state index in [0.29, 0.717) is 41.2 Å². The number of cyclic esters (lactones) is 1. The van der Waals surface area contributed by atoms with Crippen LogP contribution in [0.5, 0.6) is 0 Å². The number of nitriles is 1. The summed E-state index contributed by atoms with van der Waals surface area (Å²) < 4.78 is 36.3. The van der Waals surface area contributed by atoms with E-state index in [1.54, 1.807) is 51.2 Å². The number of aryl methyl sites for hydroxylation is 2. The minimum Gasteiger partial charge on any atom is -0.452 e. The zero-order valence-electron chi connectivity index (χ0n) is 23.5. The second kappa shape index (κ2) is 11.2. The normalized spacial score (nSPS) is 21.4.